The molecule has 0 spiro atoms. The molecule has 0 amide bonds. The first-order chi connectivity index (χ1) is 13.1. The van der Waals surface area contributed by atoms with Gasteiger partial charge < -0.3 is 19.9 Å². The number of rotatable bonds is 7. The predicted octanol–water partition coefficient (Wildman–Crippen LogP) is 3.73. The van der Waals surface area contributed by atoms with Gasteiger partial charge in [-0.25, -0.2) is 4.79 Å². The Labute approximate surface area is 160 Å². The SMILES string of the molecule is C[C@@](N)(C(=O)OCc1ccccc1)[C@@H](OC1CCCCO1)c1ccccc1. The van der Waals surface area contributed by atoms with Gasteiger partial charge in [0.1, 0.15) is 18.2 Å². The second-order valence-corrected chi connectivity index (χ2v) is 7.07. The van der Waals surface area contributed by atoms with Gasteiger partial charge in [0.15, 0.2) is 6.29 Å². The Morgan fingerprint density at radius 1 is 1.15 bits per heavy atom. The number of hydrogen-bond donors (Lipinski definition) is 1. The summed E-state index contributed by atoms with van der Waals surface area (Å²) >= 11 is 0. The zero-order valence-corrected chi connectivity index (χ0v) is 15.7. The predicted molar refractivity (Wildman–Crippen MR) is 103 cm³/mol. The van der Waals surface area contributed by atoms with E-state index in [2.05, 4.69) is 0 Å². The summed E-state index contributed by atoms with van der Waals surface area (Å²) in [6.07, 6.45) is 1.82. The average molecular weight is 369 g/mol. The van der Waals surface area contributed by atoms with Crippen molar-refractivity contribution in [3.63, 3.8) is 0 Å². The van der Waals surface area contributed by atoms with E-state index in [0.29, 0.717) is 6.61 Å². The van der Waals surface area contributed by atoms with Crippen LogP contribution in [-0.2, 0) is 25.6 Å². The summed E-state index contributed by atoms with van der Waals surface area (Å²) in [5.41, 5.74) is 6.85. The molecule has 0 radical (unpaired) electrons. The minimum Gasteiger partial charge on any atom is -0.459 e. The van der Waals surface area contributed by atoms with Crippen LogP contribution in [0.15, 0.2) is 60.7 Å². The van der Waals surface area contributed by atoms with Crippen molar-refractivity contribution >= 4 is 5.97 Å². The zero-order chi connectivity index (χ0) is 19.1. The summed E-state index contributed by atoms with van der Waals surface area (Å²) in [5, 5.41) is 0. The molecular formula is C22H27NO4. The van der Waals surface area contributed by atoms with E-state index in [9.17, 15) is 4.79 Å². The highest BCUT2D eigenvalue weighted by Crippen LogP contribution is 2.32. The molecule has 0 aliphatic carbocycles. The molecule has 2 N–H and O–H groups in total. The highest BCUT2D eigenvalue weighted by Gasteiger charge is 2.42. The maximum absolute atomic E-state index is 12.8. The summed E-state index contributed by atoms with van der Waals surface area (Å²) < 4.78 is 17.4. The van der Waals surface area contributed by atoms with E-state index in [4.69, 9.17) is 19.9 Å². The Morgan fingerprint density at radius 3 is 2.44 bits per heavy atom. The smallest absolute Gasteiger partial charge is 0.329 e. The van der Waals surface area contributed by atoms with Crippen LogP contribution in [0.3, 0.4) is 0 Å². The van der Waals surface area contributed by atoms with E-state index in [1.54, 1.807) is 6.92 Å². The van der Waals surface area contributed by atoms with Crippen molar-refractivity contribution < 1.29 is 19.0 Å². The Morgan fingerprint density at radius 2 is 1.81 bits per heavy atom. The quantitative estimate of drug-likeness (QED) is 0.753. The van der Waals surface area contributed by atoms with Crippen molar-refractivity contribution in [3.05, 3.63) is 71.8 Å². The Bertz CT molecular complexity index is 712. The lowest BCUT2D eigenvalue weighted by molar-refractivity contribution is -0.208. The van der Waals surface area contributed by atoms with Crippen molar-refractivity contribution in [2.75, 3.05) is 6.61 Å². The highest BCUT2D eigenvalue weighted by molar-refractivity contribution is 5.81. The van der Waals surface area contributed by atoms with Crippen LogP contribution in [0, 0.1) is 0 Å². The molecule has 0 aromatic heterocycles. The van der Waals surface area contributed by atoms with Crippen molar-refractivity contribution in [1.29, 1.82) is 0 Å². The van der Waals surface area contributed by atoms with Crippen LogP contribution in [0.2, 0.25) is 0 Å². The standard InChI is InChI=1S/C22H27NO4/c1-22(23,21(24)26-16-17-10-4-2-5-11-17)20(18-12-6-3-7-13-18)27-19-14-8-9-15-25-19/h2-7,10-13,19-20H,8-9,14-16,23H2,1H3/t19?,20-,22-/m0/s1. The van der Waals surface area contributed by atoms with Gasteiger partial charge in [-0.1, -0.05) is 60.7 Å². The number of carbonyl (C=O) groups is 1. The van der Waals surface area contributed by atoms with Crippen LogP contribution in [0.5, 0.6) is 0 Å². The molecule has 3 atom stereocenters. The molecule has 5 nitrogen and oxygen atoms in total. The minimum absolute atomic E-state index is 0.175. The van der Waals surface area contributed by atoms with Gasteiger partial charge in [0.05, 0.1) is 0 Å². The number of ether oxygens (including phenoxy) is 3. The zero-order valence-electron chi connectivity index (χ0n) is 15.7. The van der Waals surface area contributed by atoms with Crippen LogP contribution in [-0.4, -0.2) is 24.4 Å². The molecule has 1 fully saturated rings. The molecule has 27 heavy (non-hydrogen) atoms. The molecule has 144 valence electrons. The lowest BCUT2D eigenvalue weighted by atomic mass is 9.90. The monoisotopic (exact) mass is 369 g/mol. The van der Waals surface area contributed by atoms with Crippen LogP contribution in [0.4, 0.5) is 0 Å². The van der Waals surface area contributed by atoms with E-state index < -0.39 is 17.6 Å². The molecular weight excluding hydrogens is 342 g/mol. The summed E-state index contributed by atoms with van der Waals surface area (Å²) in [6, 6.07) is 19.1. The maximum atomic E-state index is 12.8. The second kappa shape index (κ2) is 9.13. The number of carbonyl (C=O) groups excluding carboxylic acids is 1. The molecule has 0 bridgehead atoms. The first kappa shape index (κ1) is 19.5. The van der Waals surface area contributed by atoms with Gasteiger partial charge in [-0.2, -0.15) is 0 Å². The molecule has 2 aromatic carbocycles. The summed E-state index contributed by atoms with van der Waals surface area (Å²) in [5.74, 6) is -0.504. The number of benzene rings is 2. The maximum Gasteiger partial charge on any atom is 0.329 e. The first-order valence-electron chi connectivity index (χ1n) is 9.39. The van der Waals surface area contributed by atoms with E-state index >= 15 is 0 Å². The number of hydrogen-bond acceptors (Lipinski definition) is 5. The fraction of sp³-hybridized carbons (Fsp3) is 0.409. The van der Waals surface area contributed by atoms with Gasteiger partial charge in [-0.05, 0) is 37.3 Å². The number of esters is 1. The molecule has 5 heteroatoms. The molecule has 1 unspecified atom stereocenters. The van der Waals surface area contributed by atoms with Gasteiger partial charge >= 0.3 is 5.97 Å². The largest absolute Gasteiger partial charge is 0.459 e. The van der Waals surface area contributed by atoms with Gasteiger partial charge in [-0.15, -0.1) is 0 Å². The van der Waals surface area contributed by atoms with Crippen LogP contribution >= 0.6 is 0 Å². The molecule has 1 saturated heterocycles. The van der Waals surface area contributed by atoms with Crippen molar-refractivity contribution in [3.8, 4) is 0 Å². The minimum atomic E-state index is -1.35. The third kappa shape index (κ3) is 5.16. The molecule has 1 heterocycles. The molecule has 1 aliphatic heterocycles. The van der Waals surface area contributed by atoms with Gasteiger partial charge in [0.25, 0.3) is 0 Å². The van der Waals surface area contributed by atoms with E-state index in [1.807, 2.05) is 60.7 Å². The van der Waals surface area contributed by atoms with Crippen molar-refractivity contribution in [2.45, 2.75) is 50.7 Å². The third-order valence-corrected chi connectivity index (χ3v) is 4.73. The highest BCUT2D eigenvalue weighted by atomic mass is 16.7. The fourth-order valence-corrected chi connectivity index (χ4v) is 3.15. The molecule has 0 saturated carbocycles. The summed E-state index contributed by atoms with van der Waals surface area (Å²) in [7, 11) is 0. The lowest BCUT2D eigenvalue weighted by Crippen LogP contribution is -2.53. The fourth-order valence-electron chi connectivity index (χ4n) is 3.15. The van der Waals surface area contributed by atoms with Gasteiger partial charge in [0, 0.05) is 6.61 Å². The lowest BCUT2D eigenvalue weighted by Gasteiger charge is -2.36. The third-order valence-electron chi connectivity index (χ3n) is 4.73. The Hall–Kier alpha value is -2.21. The van der Waals surface area contributed by atoms with E-state index in [-0.39, 0.29) is 12.9 Å². The average Bonchev–Trinajstić information content (AvgIpc) is 2.72. The summed E-state index contributed by atoms with van der Waals surface area (Å²) in [4.78, 5) is 12.8. The summed E-state index contributed by atoms with van der Waals surface area (Å²) in [6.45, 7) is 2.49. The molecule has 1 aliphatic rings. The first-order valence-corrected chi connectivity index (χ1v) is 9.39. The Balaban J connectivity index is 1.75. The van der Waals surface area contributed by atoms with Gasteiger partial charge in [0.2, 0.25) is 0 Å². The van der Waals surface area contributed by atoms with E-state index in [0.717, 1.165) is 30.4 Å². The molecule has 2 aromatic rings. The van der Waals surface area contributed by atoms with Crippen LogP contribution in [0.1, 0.15) is 43.4 Å². The van der Waals surface area contributed by atoms with Crippen molar-refractivity contribution in [1.82, 2.24) is 0 Å². The van der Waals surface area contributed by atoms with E-state index in [1.165, 1.54) is 0 Å². The van der Waals surface area contributed by atoms with Gasteiger partial charge in [-0.3, -0.25) is 0 Å². The second-order valence-electron chi connectivity index (χ2n) is 7.07. The normalized spacial score (nSPS) is 20.4. The Kier molecular flexibility index (Phi) is 6.61. The van der Waals surface area contributed by atoms with Crippen molar-refractivity contribution in [2.24, 2.45) is 5.73 Å². The van der Waals surface area contributed by atoms with Crippen LogP contribution < -0.4 is 5.73 Å². The van der Waals surface area contributed by atoms with Crippen LogP contribution in [0.25, 0.3) is 0 Å². The number of nitrogens with two attached hydrogens (primary N) is 1. The topological polar surface area (TPSA) is 70.8 Å². The molecule has 3 rings (SSSR count).